The van der Waals surface area contributed by atoms with Gasteiger partial charge in [-0.3, -0.25) is 0 Å². The summed E-state index contributed by atoms with van der Waals surface area (Å²) in [7, 11) is -3.24. The molecule has 1 unspecified atom stereocenters. The van der Waals surface area contributed by atoms with Crippen LogP contribution in [0, 0.1) is 0 Å². The fraction of sp³-hybridized carbons (Fsp3) is 0.611. The van der Waals surface area contributed by atoms with Crippen molar-refractivity contribution in [3.8, 4) is 0 Å². The van der Waals surface area contributed by atoms with Crippen molar-refractivity contribution in [1.29, 1.82) is 0 Å². The van der Waals surface area contributed by atoms with Gasteiger partial charge in [-0.05, 0) is 44.5 Å². The maximum atomic E-state index is 12.2. The van der Waals surface area contributed by atoms with Crippen molar-refractivity contribution >= 4 is 25.5 Å². The summed E-state index contributed by atoms with van der Waals surface area (Å²) in [5.41, 5.74) is 1.05. The third kappa shape index (κ3) is 5.97. The molecule has 0 aliphatic carbocycles. The van der Waals surface area contributed by atoms with Crippen LogP contribution in [0.25, 0.3) is 0 Å². The summed E-state index contributed by atoms with van der Waals surface area (Å²) >= 11 is 0. The predicted molar refractivity (Wildman–Crippen MR) is 104 cm³/mol. The molecule has 0 heterocycles. The van der Waals surface area contributed by atoms with Crippen molar-refractivity contribution in [2.45, 2.75) is 70.5 Å². The van der Waals surface area contributed by atoms with Crippen LogP contribution in [0.5, 0.6) is 0 Å². The first-order valence-electron chi connectivity index (χ1n) is 8.03. The molecule has 2 atom stereocenters. The minimum Gasteiger partial charge on any atom is -0.405 e. The average Bonchev–Trinajstić information content (AvgIpc) is 2.41. The standard InChI is InChI=1S/C18H31NO2SSi/c1-17(2,3)22(20)19-14-16(15-12-10-9-11-13-15)21-23(7,8)18(4,5)6/h9-14,16H,1-8H3/b19-14+/t16-,22?/m0/s1. The van der Waals surface area contributed by atoms with Gasteiger partial charge in [0.2, 0.25) is 0 Å². The van der Waals surface area contributed by atoms with Crippen LogP contribution in [0.2, 0.25) is 18.1 Å². The van der Waals surface area contributed by atoms with Crippen LogP contribution < -0.4 is 0 Å². The van der Waals surface area contributed by atoms with E-state index in [-0.39, 0.29) is 15.9 Å². The first-order chi connectivity index (χ1) is 10.3. The van der Waals surface area contributed by atoms with Crippen LogP contribution in [0.3, 0.4) is 0 Å². The van der Waals surface area contributed by atoms with E-state index in [1.807, 2.05) is 51.1 Å². The third-order valence-electron chi connectivity index (χ3n) is 4.17. The molecule has 1 aromatic carbocycles. The smallest absolute Gasteiger partial charge is 0.193 e. The fourth-order valence-corrected chi connectivity index (χ4v) is 3.31. The minimum atomic E-state index is -1.96. The summed E-state index contributed by atoms with van der Waals surface area (Å²) < 4.78 is 22.7. The molecule has 0 amide bonds. The number of nitrogens with zero attached hydrogens (tertiary/aromatic N) is 1. The zero-order valence-electron chi connectivity index (χ0n) is 15.7. The zero-order valence-corrected chi connectivity index (χ0v) is 17.5. The Morgan fingerprint density at radius 2 is 1.61 bits per heavy atom. The number of hydrogen-bond donors (Lipinski definition) is 0. The maximum absolute atomic E-state index is 12.2. The van der Waals surface area contributed by atoms with E-state index >= 15 is 0 Å². The largest absolute Gasteiger partial charge is 0.405 e. The van der Waals surface area contributed by atoms with Crippen molar-refractivity contribution in [2.75, 3.05) is 0 Å². The van der Waals surface area contributed by atoms with Gasteiger partial charge in [0.1, 0.15) is 17.1 Å². The van der Waals surface area contributed by atoms with Crippen LogP contribution in [0.4, 0.5) is 0 Å². The highest BCUT2D eigenvalue weighted by atomic mass is 32.2. The van der Waals surface area contributed by atoms with E-state index in [4.69, 9.17) is 4.43 Å². The second-order valence-electron chi connectivity index (χ2n) is 8.33. The molecule has 0 saturated heterocycles. The normalized spacial score (nSPS) is 16.5. The molecule has 3 nitrogen and oxygen atoms in total. The molecule has 130 valence electrons. The van der Waals surface area contributed by atoms with Gasteiger partial charge in [-0.25, -0.2) is 4.21 Å². The van der Waals surface area contributed by atoms with Crippen molar-refractivity contribution in [3.05, 3.63) is 35.9 Å². The zero-order chi connectivity index (χ0) is 17.9. The molecule has 0 saturated carbocycles. The molecule has 0 aliphatic rings. The van der Waals surface area contributed by atoms with E-state index in [0.29, 0.717) is 0 Å². The highest BCUT2D eigenvalue weighted by Gasteiger charge is 2.39. The van der Waals surface area contributed by atoms with Crippen molar-refractivity contribution < 1.29 is 8.63 Å². The van der Waals surface area contributed by atoms with Crippen LogP contribution in [-0.4, -0.2) is 23.5 Å². The molecule has 0 aliphatic heterocycles. The highest BCUT2D eigenvalue weighted by Crippen LogP contribution is 2.39. The molecule has 0 radical (unpaired) electrons. The second-order valence-corrected chi connectivity index (χ2v) is 15.0. The average molecular weight is 354 g/mol. The lowest BCUT2D eigenvalue weighted by Crippen LogP contribution is -2.42. The Bertz CT molecular complexity index is 557. The van der Waals surface area contributed by atoms with Crippen LogP contribution in [0.1, 0.15) is 53.2 Å². The number of benzene rings is 1. The van der Waals surface area contributed by atoms with E-state index < -0.39 is 19.3 Å². The van der Waals surface area contributed by atoms with Gasteiger partial charge in [0, 0.05) is 6.21 Å². The Kier molecular flexibility index (Phi) is 6.53. The Balaban J connectivity index is 3.10. The van der Waals surface area contributed by atoms with Gasteiger partial charge in [0.15, 0.2) is 8.32 Å². The molecule has 0 aromatic heterocycles. The van der Waals surface area contributed by atoms with Crippen LogP contribution >= 0.6 is 0 Å². The Morgan fingerprint density at radius 1 is 1.09 bits per heavy atom. The van der Waals surface area contributed by atoms with Gasteiger partial charge in [-0.15, -0.1) is 0 Å². The minimum absolute atomic E-state index is 0.108. The van der Waals surface area contributed by atoms with Gasteiger partial charge in [-0.1, -0.05) is 51.1 Å². The third-order valence-corrected chi connectivity index (χ3v) is 9.99. The number of rotatable bonds is 5. The van der Waals surface area contributed by atoms with E-state index in [0.717, 1.165) is 5.56 Å². The van der Waals surface area contributed by atoms with E-state index in [9.17, 15) is 4.21 Å². The molecule has 0 spiro atoms. The summed E-state index contributed by atoms with van der Waals surface area (Å²) in [5.74, 6) is 0. The quantitative estimate of drug-likeness (QED) is 0.533. The summed E-state index contributed by atoms with van der Waals surface area (Å²) in [6.45, 7) is 16.9. The monoisotopic (exact) mass is 353 g/mol. The fourth-order valence-electron chi connectivity index (χ4n) is 1.59. The first-order valence-corrected chi connectivity index (χ1v) is 12.0. The molecule has 0 bridgehead atoms. The Hall–Kier alpha value is -0.783. The van der Waals surface area contributed by atoms with Crippen LogP contribution in [0.15, 0.2) is 34.7 Å². The number of hydrogen-bond acceptors (Lipinski definition) is 2. The molecule has 23 heavy (non-hydrogen) atoms. The van der Waals surface area contributed by atoms with Gasteiger partial charge in [0.25, 0.3) is 0 Å². The van der Waals surface area contributed by atoms with Gasteiger partial charge >= 0.3 is 0 Å². The molecule has 1 aromatic rings. The molecule has 5 heteroatoms. The van der Waals surface area contributed by atoms with E-state index in [1.165, 1.54) is 0 Å². The van der Waals surface area contributed by atoms with Gasteiger partial charge in [0.05, 0.1) is 4.75 Å². The Morgan fingerprint density at radius 3 is 2.04 bits per heavy atom. The summed E-state index contributed by atoms with van der Waals surface area (Å²) in [5, 5.41) is 0.108. The summed E-state index contributed by atoms with van der Waals surface area (Å²) in [4.78, 5) is 0. The van der Waals surface area contributed by atoms with E-state index in [2.05, 4.69) is 38.3 Å². The first kappa shape index (κ1) is 20.3. The highest BCUT2D eigenvalue weighted by molar-refractivity contribution is 7.85. The van der Waals surface area contributed by atoms with Gasteiger partial charge < -0.3 is 4.43 Å². The SMILES string of the molecule is CC(C)(C)S(=O)/N=C/[C@H](O[Si](C)(C)C(C)(C)C)c1ccccc1. The topological polar surface area (TPSA) is 38.7 Å². The molecule has 0 N–H and O–H groups in total. The van der Waals surface area contributed by atoms with Crippen LogP contribution in [-0.2, 0) is 15.4 Å². The maximum Gasteiger partial charge on any atom is 0.193 e. The second kappa shape index (κ2) is 7.41. The Labute approximate surface area is 145 Å². The van der Waals surface area contributed by atoms with Gasteiger partial charge in [-0.2, -0.15) is 4.40 Å². The lowest BCUT2D eigenvalue weighted by Gasteiger charge is -2.38. The van der Waals surface area contributed by atoms with Crippen molar-refractivity contribution in [1.82, 2.24) is 0 Å². The van der Waals surface area contributed by atoms with Crippen molar-refractivity contribution in [2.24, 2.45) is 4.40 Å². The summed E-state index contributed by atoms with van der Waals surface area (Å²) in [6, 6.07) is 10.0. The predicted octanol–water partition coefficient (Wildman–Crippen LogP) is 5.28. The molecular weight excluding hydrogens is 322 g/mol. The van der Waals surface area contributed by atoms with E-state index in [1.54, 1.807) is 6.21 Å². The lowest BCUT2D eigenvalue weighted by molar-refractivity contribution is 0.251. The summed E-state index contributed by atoms with van der Waals surface area (Å²) in [6.07, 6.45) is 1.46. The molecule has 0 fully saturated rings. The lowest BCUT2D eigenvalue weighted by atomic mass is 10.1. The molecular formula is C18H31NO2SSi. The van der Waals surface area contributed by atoms with Crippen molar-refractivity contribution in [3.63, 3.8) is 0 Å². The molecule has 1 rings (SSSR count).